The molecular weight excluding hydrogens is 714 g/mol. The van der Waals surface area contributed by atoms with Gasteiger partial charge >= 0.3 is 23.9 Å². The van der Waals surface area contributed by atoms with Crippen molar-refractivity contribution in [3.63, 3.8) is 0 Å². The molecular formula is C41H49NO13. The van der Waals surface area contributed by atoms with E-state index < -0.39 is 107 Å². The number of aliphatic hydroxyl groups is 3. The van der Waals surface area contributed by atoms with E-state index in [4.69, 9.17) is 23.7 Å². The van der Waals surface area contributed by atoms with Crippen LogP contribution in [0.15, 0.2) is 71.8 Å². The molecule has 1 heterocycles. The first kappa shape index (κ1) is 40.2. The van der Waals surface area contributed by atoms with Crippen LogP contribution in [0.1, 0.15) is 76.3 Å². The van der Waals surface area contributed by atoms with Crippen LogP contribution in [0, 0.1) is 16.7 Å². The summed E-state index contributed by atoms with van der Waals surface area (Å²) in [5, 5.41) is 39.8. The summed E-state index contributed by atoms with van der Waals surface area (Å²) in [5.74, 6) is -5.88. The van der Waals surface area contributed by atoms with Crippen LogP contribution < -0.4 is 5.32 Å². The third-order valence-electron chi connectivity index (χ3n) is 12.5. The first-order chi connectivity index (χ1) is 25.8. The van der Waals surface area contributed by atoms with Gasteiger partial charge in [-0.15, -0.1) is 0 Å². The van der Waals surface area contributed by atoms with E-state index in [1.165, 1.54) is 26.0 Å². The standard InChI is InChI=1S/C41H49NO13/c1-21-26(53-37(49)31(46)30(42-7)24-14-10-8-11-15-24)19-41(50)35(54-36(48)25-16-12-9-13-17-25)33-39(6,27(45)18-28-40(33,20-51-28)55-23(3)44)34(47)32(52-22(2)43)29(21)38(41,4)5/h8-17,26-28,30-33,35,42,45-46,50H,18-20H2,1-7H3/t26-,27-,28+,30?,31+,32+,33?,35-,39+,40-,41+/m0/s1. The van der Waals surface area contributed by atoms with Crippen molar-refractivity contribution in [1.29, 1.82) is 0 Å². The molecule has 14 heteroatoms. The number of hydrogen-bond acceptors (Lipinski definition) is 14. The van der Waals surface area contributed by atoms with Gasteiger partial charge in [-0.3, -0.25) is 14.4 Å². The quantitative estimate of drug-likeness (QED) is 0.165. The molecule has 0 aromatic heterocycles. The number of esters is 4. The molecule has 2 aromatic carbocycles. The fourth-order valence-electron chi connectivity index (χ4n) is 9.53. The average molecular weight is 764 g/mol. The van der Waals surface area contributed by atoms with Crippen LogP contribution in [0.2, 0.25) is 0 Å². The Morgan fingerprint density at radius 2 is 1.55 bits per heavy atom. The fraction of sp³-hybridized carbons (Fsp3) is 0.537. The highest BCUT2D eigenvalue weighted by Gasteiger charge is 2.78. The maximum atomic E-state index is 15.3. The molecule has 4 N–H and O–H groups in total. The van der Waals surface area contributed by atoms with E-state index in [9.17, 15) is 34.5 Å². The Bertz CT molecular complexity index is 1880. The summed E-state index contributed by atoms with van der Waals surface area (Å²) in [6.07, 6.45) is -9.76. The smallest absolute Gasteiger partial charge is 0.338 e. The van der Waals surface area contributed by atoms with Gasteiger partial charge in [-0.05, 0) is 49.7 Å². The van der Waals surface area contributed by atoms with Crippen molar-refractivity contribution >= 4 is 29.7 Å². The van der Waals surface area contributed by atoms with E-state index >= 15 is 4.79 Å². The van der Waals surface area contributed by atoms with Crippen LogP contribution in [0.3, 0.4) is 0 Å². The van der Waals surface area contributed by atoms with Crippen molar-refractivity contribution in [1.82, 2.24) is 5.32 Å². The zero-order valence-electron chi connectivity index (χ0n) is 31.9. The minimum absolute atomic E-state index is 0.0584. The zero-order valence-corrected chi connectivity index (χ0v) is 31.9. The zero-order chi connectivity index (χ0) is 40.2. The highest BCUT2D eigenvalue weighted by atomic mass is 16.6. The number of likely N-dealkylation sites (N-methyl/N-ethyl adjacent to an activating group) is 1. The Morgan fingerprint density at radius 3 is 2.09 bits per heavy atom. The Morgan fingerprint density at radius 1 is 0.927 bits per heavy atom. The highest BCUT2D eigenvalue weighted by Crippen LogP contribution is 2.64. The molecule has 55 heavy (non-hydrogen) atoms. The molecule has 2 aromatic rings. The first-order valence-electron chi connectivity index (χ1n) is 18.4. The number of rotatable bonds is 9. The molecule has 6 rings (SSSR count). The van der Waals surface area contributed by atoms with Gasteiger partial charge < -0.3 is 44.3 Å². The van der Waals surface area contributed by atoms with E-state index in [-0.39, 0.29) is 29.7 Å². The van der Waals surface area contributed by atoms with Gasteiger partial charge in [0.2, 0.25) is 0 Å². The maximum absolute atomic E-state index is 15.3. The number of fused-ring (bicyclic) bond motifs is 5. The molecule has 296 valence electrons. The fourth-order valence-corrected chi connectivity index (χ4v) is 9.53. The van der Waals surface area contributed by atoms with Crippen molar-refractivity contribution < 1.29 is 63.0 Å². The van der Waals surface area contributed by atoms with Crippen LogP contribution in [0.5, 0.6) is 0 Å². The van der Waals surface area contributed by atoms with E-state index in [0.29, 0.717) is 5.56 Å². The van der Waals surface area contributed by atoms with E-state index in [2.05, 4.69) is 5.32 Å². The van der Waals surface area contributed by atoms with E-state index in [0.717, 1.165) is 6.92 Å². The first-order valence-corrected chi connectivity index (χ1v) is 18.4. The lowest BCUT2D eigenvalue weighted by atomic mass is 9.44. The monoisotopic (exact) mass is 763 g/mol. The highest BCUT2D eigenvalue weighted by molar-refractivity contribution is 5.95. The van der Waals surface area contributed by atoms with Crippen molar-refractivity contribution in [2.45, 2.75) is 108 Å². The Hall–Kier alpha value is -4.47. The van der Waals surface area contributed by atoms with Gasteiger partial charge in [-0.1, -0.05) is 62.4 Å². The molecule has 4 aliphatic rings. The van der Waals surface area contributed by atoms with Crippen molar-refractivity contribution in [2.24, 2.45) is 16.7 Å². The molecule has 0 spiro atoms. The summed E-state index contributed by atoms with van der Waals surface area (Å²) < 4.78 is 30.1. The molecule has 0 amide bonds. The number of benzene rings is 2. The summed E-state index contributed by atoms with van der Waals surface area (Å²) in [6, 6.07) is 15.8. The Labute approximate surface area is 319 Å². The van der Waals surface area contributed by atoms with Gasteiger partial charge in [0.05, 0.1) is 35.6 Å². The van der Waals surface area contributed by atoms with Gasteiger partial charge in [0.1, 0.15) is 23.9 Å². The number of aliphatic hydroxyl groups excluding tert-OH is 2. The minimum Gasteiger partial charge on any atom is -0.456 e. The number of ether oxygens (including phenoxy) is 5. The predicted molar refractivity (Wildman–Crippen MR) is 193 cm³/mol. The summed E-state index contributed by atoms with van der Waals surface area (Å²) in [5.41, 5.74) is -6.62. The van der Waals surface area contributed by atoms with E-state index in [1.54, 1.807) is 76.3 Å². The summed E-state index contributed by atoms with van der Waals surface area (Å²) in [7, 11) is 1.57. The summed E-state index contributed by atoms with van der Waals surface area (Å²) in [6.45, 7) is 8.17. The SMILES string of the molecule is CNC(c1ccccc1)[C@@H](O)C(=O)O[C@H]1C[C@@]2(O)[C@@H](OC(=O)c3ccccc3)C3[C@](C)(C(=O)[C@H](OC(C)=O)C(=C1C)C2(C)C)[C@@H](O)C[C@H]1OC[C@@]31OC(C)=O. The van der Waals surface area contributed by atoms with Gasteiger partial charge in [0, 0.05) is 32.1 Å². The lowest BCUT2D eigenvalue weighted by molar-refractivity contribution is -0.346. The summed E-state index contributed by atoms with van der Waals surface area (Å²) in [4.78, 5) is 69.1. The number of nitrogens with one attached hydrogen (secondary N) is 1. The second-order valence-corrected chi connectivity index (χ2v) is 15.8. The second kappa shape index (κ2) is 14.6. The van der Waals surface area contributed by atoms with Crippen LogP contribution in [0.25, 0.3) is 0 Å². The van der Waals surface area contributed by atoms with Crippen LogP contribution in [-0.2, 0) is 42.9 Å². The normalized spacial score (nSPS) is 34.6. The molecule has 1 saturated heterocycles. The number of carbonyl (C=O) groups excluding carboxylic acids is 5. The maximum Gasteiger partial charge on any atom is 0.338 e. The number of carbonyl (C=O) groups is 5. The molecule has 2 unspecified atom stereocenters. The Balaban J connectivity index is 1.58. The molecule has 11 atom stereocenters. The van der Waals surface area contributed by atoms with Gasteiger partial charge in [-0.25, -0.2) is 9.59 Å². The van der Waals surface area contributed by atoms with Crippen LogP contribution in [0.4, 0.5) is 0 Å². The molecule has 0 radical (unpaired) electrons. The largest absolute Gasteiger partial charge is 0.456 e. The van der Waals surface area contributed by atoms with Gasteiger partial charge in [0.25, 0.3) is 0 Å². The topological polar surface area (TPSA) is 204 Å². The molecule has 2 saturated carbocycles. The van der Waals surface area contributed by atoms with E-state index in [1.807, 2.05) is 0 Å². The Kier molecular flexibility index (Phi) is 10.6. The molecule has 14 nitrogen and oxygen atoms in total. The van der Waals surface area contributed by atoms with Gasteiger partial charge in [-0.2, -0.15) is 0 Å². The second-order valence-electron chi connectivity index (χ2n) is 15.8. The van der Waals surface area contributed by atoms with Crippen LogP contribution >= 0.6 is 0 Å². The molecule has 1 aliphatic heterocycles. The lowest BCUT2D eigenvalue weighted by Gasteiger charge is -2.67. The van der Waals surface area contributed by atoms with Crippen molar-refractivity contribution in [3.05, 3.63) is 82.9 Å². The number of ketones is 1. The number of Topliss-reactive ketones (excluding diaryl/α,β-unsaturated/α-hetero) is 1. The minimum atomic E-state index is -2.31. The third-order valence-corrected chi connectivity index (χ3v) is 12.5. The molecule has 3 aliphatic carbocycles. The summed E-state index contributed by atoms with van der Waals surface area (Å²) >= 11 is 0. The van der Waals surface area contributed by atoms with Crippen molar-refractivity contribution in [2.75, 3.05) is 13.7 Å². The van der Waals surface area contributed by atoms with Gasteiger partial charge in [0.15, 0.2) is 23.6 Å². The molecule has 2 bridgehead atoms. The average Bonchev–Trinajstić information content (AvgIpc) is 3.13. The van der Waals surface area contributed by atoms with Crippen molar-refractivity contribution in [3.8, 4) is 0 Å². The van der Waals surface area contributed by atoms with Crippen LogP contribution in [-0.4, -0.2) is 106 Å². The third kappa shape index (κ3) is 6.37. The molecule has 3 fully saturated rings. The lowest BCUT2D eigenvalue weighted by Crippen LogP contribution is -2.82. The number of hydrogen-bond donors (Lipinski definition) is 4. The predicted octanol–water partition coefficient (Wildman–Crippen LogP) is 2.53.